The van der Waals surface area contributed by atoms with Crippen molar-refractivity contribution in [2.45, 2.75) is 19.8 Å². The van der Waals surface area contributed by atoms with E-state index in [4.69, 9.17) is 11.6 Å². The lowest BCUT2D eigenvalue weighted by Gasteiger charge is -2.36. The van der Waals surface area contributed by atoms with Gasteiger partial charge in [-0.3, -0.25) is 4.79 Å². The van der Waals surface area contributed by atoms with E-state index in [0.717, 1.165) is 42.7 Å². The Morgan fingerprint density at radius 3 is 2.57 bits per heavy atom. The van der Waals surface area contributed by atoms with Gasteiger partial charge in [-0.25, -0.2) is 4.98 Å². The van der Waals surface area contributed by atoms with Crippen LogP contribution < -0.4 is 9.80 Å². The number of carbonyl (C=O) groups excluding carboxylic acids is 1. The zero-order valence-corrected chi connectivity index (χ0v) is 17.1. The first kappa shape index (κ1) is 19.1. The first-order valence-corrected chi connectivity index (χ1v) is 10.5. The van der Waals surface area contributed by atoms with Gasteiger partial charge in [0.15, 0.2) is 0 Å². The largest absolute Gasteiger partial charge is 0.368 e. The summed E-state index contributed by atoms with van der Waals surface area (Å²) in [4.78, 5) is 24.0. The Kier molecular flexibility index (Phi) is 5.72. The monoisotopic (exact) mass is 398 g/mol. The van der Waals surface area contributed by atoms with Crippen LogP contribution in [0, 0.1) is 5.92 Å². The molecule has 0 radical (unpaired) electrons. The minimum atomic E-state index is 0.0665. The highest BCUT2D eigenvalue weighted by molar-refractivity contribution is 6.30. The molecule has 2 aliphatic heterocycles. The summed E-state index contributed by atoms with van der Waals surface area (Å²) in [6.45, 7) is 7.41. The van der Waals surface area contributed by atoms with Gasteiger partial charge in [-0.2, -0.15) is 0 Å². The van der Waals surface area contributed by atoms with Gasteiger partial charge in [0, 0.05) is 56.2 Å². The fourth-order valence-electron chi connectivity index (χ4n) is 4.12. The van der Waals surface area contributed by atoms with E-state index < -0.39 is 0 Å². The highest BCUT2D eigenvalue weighted by Gasteiger charge is 2.23. The third kappa shape index (κ3) is 4.25. The number of rotatable bonds is 3. The number of pyridine rings is 1. The quantitative estimate of drug-likeness (QED) is 0.785. The Balaban J connectivity index is 1.36. The Bertz CT molecular complexity index is 818. The minimum Gasteiger partial charge on any atom is -0.368 e. The molecule has 4 rings (SSSR count). The number of benzene rings is 1. The summed E-state index contributed by atoms with van der Waals surface area (Å²) in [6.07, 6.45) is 4.23. The van der Waals surface area contributed by atoms with Crippen molar-refractivity contribution in [3.05, 3.63) is 53.2 Å². The second kappa shape index (κ2) is 8.39. The first-order valence-electron chi connectivity index (χ1n) is 10.1. The molecule has 6 heteroatoms. The van der Waals surface area contributed by atoms with Gasteiger partial charge in [0.05, 0.1) is 5.56 Å². The van der Waals surface area contributed by atoms with Crippen molar-refractivity contribution >= 4 is 29.0 Å². The van der Waals surface area contributed by atoms with Crippen molar-refractivity contribution in [3.8, 4) is 0 Å². The third-order valence-corrected chi connectivity index (χ3v) is 5.95. The fraction of sp³-hybridized carbons (Fsp3) is 0.455. The number of piperidine rings is 1. The van der Waals surface area contributed by atoms with Gasteiger partial charge >= 0.3 is 0 Å². The van der Waals surface area contributed by atoms with Crippen LogP contribution in [0.2, 0.25) is 5.02 Å². The van der Waals surface area contributed by atoms with E-state index in [9.17, 15) is 4.79 Å². The Hall–Kier alpha value is -2.27. The Labute approximate surface area is 171 Å². The van der Waals surface area contributed by atoms with Gasteiger partial charge in [0.1, 0.15) is 5.82 Å². The highest BCUT2D eigenvalue weighted by Crippen LogP contribution is 2.23. The number of amides is 1. The van der Waals surface area contributed by atoms with E-state index in [1.807, 2.05) is 35.2 Å². The summed E-state index contributed by atoms with van der Waals surface area (Å²) in [5, 5.41) is 0.741. The van der Waals surface area contributed by atoms with Crippen molar-refractivity contribution in [1.29, 1.82) is 0 Å². The van der Waals surface area contributed by atoms with E-state index in [0.29, 0.717) is 24.6 Å². The molecule has 1 aromatic carbocycles. The Morgan fingerprint density at radius 2 is 1.89 bits per heavy atom. The predicted octanol–water partition coefficient (Wildman–Crippen LogP) is 3.93. The van der Waals surface area contributed by atoms with E-state index in [1.165, 1.54) is 12.8 Å². The number of halogens is 1. The van der Waals surface area contributed by atoms with Crippen LogP contribution in [-0.2, 0) is 0 Å². The van der Waals surface area contributed by atoms with Crippen LogP contribution in [0.3, 0.4) is 0 Å². The van der Waals surface area contributed by atoms with Gasteiger partial charge in [-0.15, -0.1) is 0 Å². The van der Waals surface area contributed by atoms with Crippen LogP contribution in [0.1, 0.15) is 30.1 Å². The van der Waals surface area contributed by atoms with Crippen molar-refractivity contribution in [2.75, 3.05) is 49.1 Å². The van der Waals surface area contributed by atoms with Gasteiger partial charge in [0.2, 0.25) is 0 Å². The summed E-state index contributed by atoms with van der Waals surface area (Å²) in [5.41, 5.74) is 1.78. The normalized spacial score (nSPS) is 20.4. The number of piperazine rings is 1. The van der Waals surface area contributed by atoms with Crippen LogP contribution in [0.4, 0.5) is 11.5 Å². The number of nitrogens with zero attached hydrogens (tertiary/aromatic N) is 4. The molecular weight excluding hydrogens is 372 g/mol. The molecular formula is C22H27ClN4O. The maximum Gasteiger partial charge on any atom is 0.255 e. The zero-order valence-electron chi connectivity index (χ0n) is 16.4. The summed E-state index contributed by atoms with van der Waals surface area (Å²) in [6, 6.07) is 11.8. The van der Waals surface area contributed by atoms with Crippen molar-refractivity contribution in [3.63, 3.8) is 0 Å². The first-order chi connectivity index (χ1) is 13.6. The third-order valence-electron chi connectivity index (χ3n) is 5.72. The minimum absolute atomic E-state index is 0.0665. The predicted molar refractivity (Wildman–Crippen MR) is 114 cm³/mol. The van der Waals surface area contributed by atoms with Gasteiger partial charge < -0.3 is 14.7 Å². The maximum absolute atomic E-state index is 12.9. The SMILES string of the molecule is CC1CCCN(c2ccc(C(=O)N3CCN(c4cccc(Cl)c4)CC3)cn2)C1. The van der Waals surface area contributed by atoms with Crippen LogP contribution >= 0.6 is 11.6 Å². The number of hydrogen-bond donors (Lipinski definition) is 0. The van der Waals surface area contributed by atoms with Crippen LogP contribution in [-0.4, -0.2) is 55.1 Å². The summed E-state index contributed by atoms with van der Waals surface area (Å²) in [5.74, 6) is 1.75. The van der Waals surface area contributed by atoms with Crippen molar-refractivity contribution < 1.29 is 4.79 Å². The lowest BCUT2D eigenvalue weighted by Crippen LogP contribution is -2.48. The fourth-order valence-corrected chi connectivity index (χ4v) is 4.30. The van der Waals surface area contributed by atoms with E-state index in [1.54, 1.807) is 6.20 Å². The average Bonchev–Trinajstić information content (AvgIpc) is 2.73. The maximum atomic E-state index is 12.9. The topological polar surface area (TPSA) is 39.7 Å². The van der Waals surface area contributed by atoms with Crippen molar-refractivity contribution in [2.24, 2.45) is 5.92 Å². The number of carbonyl (C=O) groups is 1. The van der Waals surface area contributed by atoms with Gasteiger partial charge in [-0.1, -0.05) is 24.6 Å². The summed E-state index contributed by atoms with van der Waals surface area (Å²) in [7, 11) is 0. The Morgan fingerprint density at radius 1 is 1.07 bits per heavy atom. The average molecular weight is 399 g/mol. The lowest BCUT2D eigenvalue weighted by molar-refractivity contribution is 0.0746. The van der Waals surface area contributed by atoms with Crippen LogP contribution in [0.15, 0.2) is 42.6 Å². The van der Waals surface area contributed by atoms with Gasteiger partial charge in [0.25, 0.3) is 5.91 Å². The molecule has 5 nitrogen and oxygen atoms in total. The molecule has 2 fully saturated rings. The molecule has 0 aliphatic carbocycles. The molecule has 1 amide bonds. The molecule has 1 unspecified atom stereocenters. The second-order valence-corrected chi connectivity index (χ2v) is 8.29. The molecule has 2 aliphatic rings. The molecule has 28 heavy (non-hydrogen) atoms. The van der Waals surface area contributed by atoms with E-state index in [-0.39, 0.29) is 5.91 Å². The summed E-state index contributed by atoms with van der Waals surface area (Å²) >= 11 is 6.10. The van der Waals surface area contributed by atoms with Gasteiger partial charge in [-0.05, 0) is 49.1 Å². The molecule has 148 valence electrons. The molecule has 3 heterocycles. The highest BCUT2D eigenvalue weighted by atomic mass is 35.5. The molecule has 1 aromatic heterocycles. The molecule has 0 bridgehead atoms. The lowest BCUT2D eigenvalue weighted by atomic mass is 10.0. The standard InChI is InChI=1S/C22H27ClN4O/c1-17-4-3-9-27(16-17)21-8-7-18(15-24-21)22(28)26-12-10-25(11-13-26)20-6-2-5-19(23)14-20/h2,5-8,14-15,17H,3-4,9-13,16H2,1H3. The number of hydrogen-bond acceptors (Lipinski definition) is 4. The summed E-state index contributed by atoms with van der Waals surface area (Å²) < 4.78 is 0. The molecule has 2 aromatic rings. The molecule has 0 N–H and O–H groups in total. The molecule has 2 saturated heterocycles. The number of anilines is 2. The van der Waals surface area contributed by atoms with Crippen LogP contribution in [0.25, 0.3) is 0 Å². The number of aromatic nitrogens is 1. The molecule has 1 atom stereocenters. The second-order valence-electron chi connectivity index (χ2n) is 7.86. The molecule has 0 saturated carbocycles. The smallest absolute Gasteiger partial charge is 0.255 e. The van der Waals surface area contributed by atoms with E-state index >= 15 is 0 Å². The zero-order chi connectivity index (χ0) is 19.5. The van der Waals surface area contributed by atoms with Crippen molar-refractivity contribution in [1.82, 2.24) is 9.88 Å². The van der Waals surface area contributed by atoms with E-state index in [2.05, 4.69) is 27.8 Å². The van der Waals surface area contributed by atoms with Crippen LogP contribution in [0.5, 0.6) is 0 Å². The molecule has 0 spiro atoms.